The predicted octanol–water partition coefficient (Wildman–Crippen LogP) is 2.51. The quantitative estimate of drug-likeness (QED) is 0.883. The van der Waals surface area contributed by atoms with Crippen LogP contribution in [0, 0.1) is 0 Å². The topological polar surface area (TPSA) is 61.0 Å². The molecule has 0 radical (unpaired) electrons. The van der Waals surface area contributed by atoms with E-state index in [2.05, 4.69) is 64.0 Å². The molecule has 0 spiro atoms. The van der Waals surface area contributed by atoms with Gasteiger partial charge in [0.15, 0.2) is 5.69 Å². The lowest BCUT2D eigenvalue weighted by atomic mass is 10.1. The Morgan fingerprint density at radius 2 is 2.15 bits per heavy atom. The van der Waals surface area contributed by atoms with Gasteiger partial charge in [0.1, 0.15) is 0 Å². The third-order valence-corrected chi connectivity index (χ3v) is 4.61. The average Bonchev–Trinajstić information content (AvgIpc) is 2.95. The molecule has 0 saturated carbocycles. The largest absolute Gasteiger partial charge is 0.347 e. The molecule has 1 fully saturated rings. The van der Waals surface area contributed by atoms with E-state index in [9.17, 15) is 4.79 Å². The lowest BCUT2D eigenvalue weighted by Gasteiger charge is -2.20. The molecule has 6 heteroatoms. The lowest BCUT2D eigenvalue weighted by Crippen LogP contribution is -2.38. The van der Waals surface area contributed by atoms with E-state index in [1.165, 1.54) is 0 Å². The van der Waals surface area contributed by atoms with Gasteiger partial charge in [-0.15, -0.1) is 0 Å². The molecule has 0 aromatic carbocycles. The summed E-state index contributed by atoms with van der Waals surface area (Å²) in [6, 6.07) is 0.748. The summed E-state index contributed by atoms with van der Waals surface area (Å²) < 4.78 is 0.781. The molecule has 1 aromatic rings. The number of aromatic amines is 1. The second-order valence-electron chi connectivity index (χ2n) is 6.00. The third kappa shape index (κ3) is 3.23. The van der Waals surface area contributed by atoms with Crippen LogP contribution in [0.3, 0.4) is 0 Å². The van der Waals surface area contributed by atoms with Gasteiger partial charge in [-0.2, -0.15) is 5.10 Å². The maximum Gasteiger partial charge on any atom is 0.273 e. The normalized spacial score (nSPS) is 20.1. The summed E-state index contributed by atoms with van der Waals surface area (Å²) in [6.07, 6.45) is 1.00. The van der Waals surface area contributed by atoms with Crippen molar-refractivity contribution in [1.29, 1.82) is 0 Å². The Bertz CT molecular complexity index is 484. The number of nitrogens with zero attached hydrogens (tertiary/aromatic N) is 2. The first kappa shape index (κ1) is 15.5. The van der Waals surface area contributed by atoms with Crippen LogP contribution >= 0.6 is 15.9 Å². The fraction of sp³-hybridized carbons (Fsp3) is 0.714. The van der Waals surface area contributed by atoms with Gasteiger partial charge in [0.25, 0.3) is 5.91 Å². The Morgan fingerprint density at radius 3 is 2.65 bits per heavy atom. The molecule has 0 bridgehead atoms. The van der Waals surface area contributed by atoms with Crippen LogP contribution in [0.25, 0.3) is 0 Å². The molecule has 2 N–H and O–H groups in total. The number of likely N-dealkylation sites (tertiary alicyclic amines) is 1. The number of amides is 1. The van der Waals surface area contributed by atoms with E-state index in [1.807, 2.05) is 0 Å². The van der Waals surface area contributed by atoms with E-state index in [1.54, 1.807) is 0 Å². The first-order chi connectivity index (χ1) is 9.40. The van der Waals surface area contributed by atoms with Crippen molar-refractivity contribution in [2.75, 3.05) is 13.1 Å². The zero-order valence-electron chi connectivity index (χ0n) is 12.5. The van der Waals surface area contributed by atoms with Crippen molar-refractivity contribution >= 4 is 21.8 Å². The summed E-state index contributed by atoms with van der Waals surface area (Å²) in [5, 5.41) is 10.2. The maximum absolute atomic E-state index is 12.3. The van der Waals surface area contributed by atoms with E-state index in [4.69, 9.17) is 0 Å². The second-order valence-corrected chi connectivity index (χ2v) is 6.80. The van der Waals surface area contributed by atoms with Gasteiger partial charge in [-0.1, -0.05) is 13.8 Å². The number of rotatable bonds is 4. The summed E-state index contributed by atoms with van der Waals surface area (Å²) in [5.41, 5.74) is 1.42. The Balaban J connectivity index is 1.99. The number of carbonyl (C=O) groups excluding carboxylic acids is 1. The van der Waals surface area contributed by atoms with E-state index >= 15 is 0 Å². The zero-order valence-corrected chi connectivity index (χ0v) is 14.1. The first-order valence-electron chi connectivity index (χ1n) is 7.18. The van der Waals surface area contributed by atoms with Gasteiger partial charge in [-0.05, 0) is 42.1 Å². The van der Waals surface area contributed by atoms with Crippen LogP contribution in [0.2, 0.25) is 0 Å². The average molecular weight is 343 g/mol. The number of carbonyl (C=O) groups is 1. The fourth-order valence-electron chi connectivity index (χ4n) is 2.50. The SMILES string of the molecule is CC(C)c1[nH]nc(C(=O)N[C@H]2CCN(C(C)C)C2)c1Br. The summed E-state index contributed by atoms with van der Waals surface area (Å²) in [6.45, 7) is 10.5. The molecule has 0 aliphatic carbocycles. The molecule has 20 heavy (non-hydrogen) atoms. The van der Waals surface area contributed by atoms with Crippen LogP contribution in [0.4, 0.5) is 0 Å². The molecule has 0 unspecified atom stereocenters. The minimum atomic E-state index is -0.101. The van der Waals surface area contributed by atoms with Gasteiger partial charge in [0, 0.05) is 25.2 Å². The molecule has 1 atom stereocenters. The molecule has 112 valence electrons. The monoisotopic (exact) mass is 342 g/mol. The Morgan fingerprint density at radius 1 is 1.45 bits per heavy atom. The predicted molar refractivity (Wildman–Crippen MR) is 83.0 cm³/mol. The van der Waals surface area contributed by atoms with Crippen molar-refractivity contribution in [1.82, 2.24) is 20.4 Å². The Kier molecular flexibility index (Phi) is 4.86. The van der Waals surface area contributed by atoms with Gasteiger partial charge >= 0.3 is 0 Å². The zero-order chi connectivity index (χ0) is 14.9. The van der Waals surface area contributed by atoms with Crippen LogP contribution in [0.1, 0.15) is 56.2 Å². The minimum absolute atomic E-state index is 0.101. The highest BCUT2D eigenvalue weighted by molar-refractivity contribution is 9.10. The molecule has 1 aromatic heterocycles. The maximum atomic E-state index is 12.3. The van der Waals surface area contributed by atoms with Crippen molar-refractivity contribution < 1.29 is 4.79 Å². The highest BCUT2D eigenvalue weighted by Crippen LogP contribution is 2.25. The van der Waals surface area contributed by atoms with Crippen molar-refractivity contribution in [3.63, 3.8) is 0 Å². The van der Waals surface area contributed by atoms with Gasteiger partial charge in [0.05, 0.1) is 10.2 Å². The van der Waals surface area contributed by atoms with Crippen LogP contribution in [-0.4, -0.2) is 46.2 Å². The standard InChI is InChI=1S/C14H23BrN4O/c1-8(2)12-11(15)13(18-17-12)14(20)16-10-5-6-19(7-10)9(3)4/h8-10H,5-7H2,1-4H3,(H,16,20)(H,17,18)/t10-/m0/s1. The number of H-pyrrole nitrogens is 1. The van der Waals surface area contributed by atoms with E-state index in [0.717, 1.165) is 29.7 Å². The molecular weight excluding hydrogens is 320 g/mol. The van der Waals surface area contributed by atoms with Crippen molar-refractivity contribution in [3.05, 3.63) is 15.9 Å². The van der Waals surface area contributed by atoms with Gasteiger partial charge < -0.3 is 5.32 Å². The molecule has 1 saturated heterocycles. The molecule has 2 heterocycles. The van der Waals surface area contributed by atoms with Gasteiger partial charge in [-0.3, -0.25) is 14.8 Å². The van der Waals surface area contributed by atoms with E-state index in [0.29, 0.717) is 17.7 Å². The molecular formula is C14H23BrN4O. The second kappa shape index (κ2) is 6.26. The Hall–Kier alpha value is -0.880. The summed E-state index contributed by atoms with van der Waals surface area (Å²) in [5.74, 6) is 0.206. The molecule has 1 aliphatic rings. The molecule has 1 aliphatic heterocycles. The summed E-state index contributed by atoms with van der Waals surface area (Å²) >= 11 is 3.47. The van der Waals surface area contributed by atoms with Gasteiger partial charge in [0.2, 0.25) is 0 Å². The molecule has 2 rings (SSSR count). The van der Waals surface area contributed by atoms with Crippen molar-refractivity contribution in [2.45, 2.75) is 52.1 Å². The summed E-state index contributed by atoms with van der Waals surface area (Å²) in [7, 11) is 0. The highest BCUT2D eigenvalue weighted by atomic mass is 79.9. The van der Waals surface area contributed by atoms with Crippen LogP contribution in [0.5, 0.6) is 0 Å². The van der Waals surface area contributed by atoms with Crippen LogP contribution < -0.4 is 5.32 Å². The van der Waals surface area contributed by atoms with Crippen molar-refractivity contribution in [3.8, 4) is 0 Å². The number of halogens is 1. The number of hydrogen-bond acceptors (Lipinski definition) is 3. The third-order valence-electron chi connectivity index (χ3n) is 3.81. The van der Waals surface area contributed by atoms with Crippen LogP contribution in [0.15, 0.2) is 4.47 Å². The summed E-state index contributed by atoms with van der Waals surface area (Å²) in [4.78, 5) is 14.7. The minimum Gasteiger partial charge on any atom is -0.347 e. The van der Waals surface area contributed by atoms with E-state index < -0.39 is 0 Å². The first-order valence-corrected chi connectivity index (χ1v) is 7.98. The number of nitrogens with one attached hydrogen (secondary N) is 2. The number of aromatic nitrogens is 2. The fourth-order valence-corrected chi connectivity index (χ4v) is 3.32. The smallest absolute Gasteiger partial charge is 0.273 e. The van der Waals surface area contributed by atoms with Crippen molar-refractivity contribution in [2.24, 2.45) is 0 Å². The van der Waals surface area contributed by atoms with Crippen LogP contribution in [-0.2, 0) is 0 Å². The lowest BCUT2D eigenvalue weighted by molar-refractivity contribution is 0.0931. The molecule has 1 amide bonds. The van der Waals surface area contributed by atoms with Gasteiger partial charge in [-0.25, -0.2) is 0 Å². The Labute approximate surface area is 128 Å². The highest BCUT2D eigenvalue weighted by Gasteiger charge is 2.27. The number of hydrogen-bond donors (Lipinski definition) is 2. The van der Waals surface area contributed by atoms with E-state index in [-0.39, 0.29) is 11.9 Å². The molecule has 5 nitrogen and oxygen atoms in total.